The van der Waals surface area contributed by atoms with E-state index in [4.69, 9.17) is 4.74 Å². The van der Waals surface area contributed by atoms with E-state index >= 15 is 0 Å². The number of esters is 1. The summed E-state index contributed by atoms with van der Waals surface area (Å²) in [6, 6.07) is 8.17. The lowest BCUT2D eigenvalue weighted by atomic mass is 10.0. The van der Waals surface area contributed by atoms with Crippen molar-refractivity contribution in [1.29, 1.82) is 0 Å². The Labute approximate surface area is 140 Å². The minimum Gasteiger partial charge on any atom is -0.461 e. The summed E-state index contributed by atoms with van der Waals surface area (Å²) >= 11 is 1.95. The van der Waals surface area contributed by atoms with Gasteiger partial charge in [-0.1, -0.05) is 31.4 Å². The van der Waals surface area contributed by atoms with E-state index in [9.17, 15) is 4.79 Å². The quantitative estimate of drug-likeness (QED) is 0.836. The monoisotopic (exact) mass is 331 g/mol. The molecule has 6 heteroatoms. The Morgan fingerprint density at radius 2 is 1.96 bits per heavy atom. The van der Waals surface area contributed by atoms with Crippen LogP contribution in [-0.4, -0.2) is 33.2 Å². The molecule has 0 aliphatic heterocycles. The second-order valence-corrected chi connectivity index (χ2v) is 7.02. The number of H-pyrrole nitrogens is 1. The normalized spacial score (nSPS) is 15.5. The van der Waals surface area contributed by atoms with Crippen LogP contribution in [0.3, 0.4) is 0 Å². The maximum atomic E-state index is 11.9. The molecule has 0 atom stereocenters. The van der Waals surface area contributed by atoms with Crippen LogP contribution in [0.2, 0.25) is 0 Å². The number of carbonyl (C=O) groups is 1. The maximum Gasteiger partial charge on any atom is 0.361 e. The number of nitrogens with zero attached hydrogens (tertiary/aromatic N) is 2. The predicted octanol–water partition coefficient (Wildman–Crippen LogP) is 4.07. The zero-order chi connectivity index (χ0) is 16.1. The molecule has 0 radical (unpaired) electrons. The van der Waals surface area contributed by atoms with Crippen LogP contribution in [0.5, 0.6) is 0 Å². The average molecular weight is 331 g/mol. The maximum absolute atomic E-state index is 11.9. The number of hydrogen-bond donors (Lipinski definition) is 1. The van der Waals surface area contributed by atoms with Gasteiger partial charge in [0, 0.05) is 15.7 Å². The number of aromatic amines is 1. The van der Waals surface area contributed by atoms with Gasteiger partial charge in [-0.2, -0.15) is 10.3 Å². The van der Waals surface area contributed by atoms with Crippen molar-refractivity contribution in [2.24, 2.45) is 0 Å². The lowest BCUT2D eigenvalue weighted by molar-refractivity contribution is 0.0520. The molecular formula is C17H21N3O2S. The highest BCUT2D eigenvalue weighted by atomic mass is 32.2. The molecule has 1 fully saturated rings. The van der Waals surface area contributed by atoms with Crippen molar-refractivity contribution in [2.45, 2.75) is 49.2 Å². The SMILES string of the molecule is CCOC(=O)c1n[nH]nc1-c1ccc(SC2CCCCC2)cc1. The van der Waals surface area contributed by atoms with Crippen molar-refractivity contribution in [3.05, 3.63) is 30.0 Å². The molecule has 1 heterocycles. The van der Waals surface area contributed by atoms with Crippen molar-refractivity contribution < 1.29 is 9.53 Å². The number of aromatic nitrogens is 3. The van der Waals surface area contributed by atoms with Gasteiger partial charge in [-0.15, -0.1) is 16.9 Å². The van der Waals surface area contributed by atoms with E-state index in [1.165, 1.54) is 37.0 Å². The Morgan fingerprint density at radius 1 is 1.22 bits per heavy atom. The number of rotatable bonds is 5. The summed E-state index contributed by atoms with van der Waals surface area (Å²) < 4.78 is 5.01. The first-order chi connectivity index (χ1) is 11.3. The third-order valence-corrected chi connectivity index (χ3v) is 5.35. The van der Waals surface area contributed by atoms with E-state index in [-0.39, 0.29) is 5.69 Å². The number of hydrogen-bond acceptors (Lipinski definition) is 5. The Bertz CT molecular complexity index is 648. The van der Waals surface area contributed by atoms with Crippen molar-refractivity contribution >= 4 is 17.7 Å². The summed E-state index contributed by atoms with van der Waals surface area (Å²) in [5.74, 6) is -0.447. The zero-order valence-corrected chi connectivity index (χ0v) is 14.1. The van der Waals surface area contributed by atoms with E-state index < -0.39 is 5.97 Å². The van der Waals surface area contributed by atoms with Gasteiger partial charge in [-0.05, 0) is 31.9 Å². The second-order valence-electron chi connectivity index (χ2n) is 5.64. The summed E-state index contributed by atoms with van der Waals surface area (Å²) in [5, 5.41) is 11.2. The number of benzene rings is 1. The zero-order valence-electron chi connectivity index (χ0n) is 13.2. The third kappa shape index (κ3) is 3.93. The van der Waals surface area contributed by atoms with Crippen molar-refractivity contribution in [3.8, 4) is 11.3 Å². The van der Waals surface area contributed by atoms with Crippen molar-refractivity contribution in [1.82, 2.24) is 15.4 Å². The Balaban J connectivity index is 1.72. The van der Waals surface area contributed by atoms with E-state index in [1.54, 1.807) is 6.92 Å². The molecule has 1 aliphatic rings. The lowest BCUT2D eigenvalue weighted by Crippen LogP contribution is -2.07. The van der Waals surface area contributed by atoms with Gasteiger partial charge in [0.15, 0.2) is 5.69 Å². The summed E-state index contributed by atoms with van der Waals surface area (Å²) in [4.78, 5) is 13.1. The largest absolute Gasteiger partial charge is 0.461 e. The van der Waals surface area contributed by atoms with Gasteiger partial charge in [0.05, 0.1) is 6.61 Å². The van der Waals surface area contributed by atoms with E-state index in [2.05, 4.69) is 27.5 Å². The number of ether oxygens (including phenoxy) is 1. The predicted molar refractivity (Wildman–Crippen MR) is 90.5 cm³/mol. The van der Waals surface area contributed by atoms with Crippen LogP contribution in [0, 0.1) is 0 Å². The minimum absolute atomic E-state index is 0.236. The van der Waals surface area contributed by atoms with E-state index in [0.717, 1.165) is 10.8 Å². The first-order valence-corrected chi connectivity index (χ1v) is 9.01. The summed E-state index contributed by atoms with van der Waals surface area (Å²) in [7, 11) is 0. The fourth-order valence-corrected chi connectivity index (χ4v) is 4.09. The summed E-state index contributed by atoms with van der Waals surface area (Å²) in [6.07, 6.45) is 6.68. The van der Waals surface area contributed by atoms with Crippen LogP contribution in [0.25, 0.3) is 11.3 Å². The summed E-state index contributed by atoms with van der Waals surface area (Å²) in [5.41, 5.74) is 1.65. The lowest BCUT2D eigenvalue weighted by Gasteiger charge is -2.20. The van der Waals surface area contributed by atoms with Gasteiger partial charge >= 0.3 is 5.97 Å². The molecular weight excluding hydrogens is 310 g/mol. The molecule has 3 rings (SSSR count). The van der Waals surface area contributed by atoms with E-state index in [0.29, 0.717) is 12.3 Å². The van der Waals surface area contributed by atoms with Gasteiger partial charge in [-0.3, -0.25) is 0 Å². The van der Waals surface area contributed by atoms with Crippen LogP contribution < -0.4 is 0 Å². The first-order valence-electron chi connectivity index (χ1n) is 8.13. The standard InChI is InChI=1S/C17H21N3O2S/c1-2-22-17(21)16-15(18-20-19-16)12-8-10-14(11-9-12)23-13-6-4-3-5-7-13/h8-11,13H,2-7H2,1H3,(H,18,19,20). The van der Waals surface area contributed by atoms with E-state index in [1.807, 2.05) is 23.9 Å². The molecule has 0 spiro atoms. The molecule has 1 N–H and O–H groups in total. The summed E-state index contributed by atoms with van der Waals surface area (Å²) in [6.45, 7) is 2.09. The Kier molecular flexibility index (Phi) is 5.33. The number of nitrogens with one attached hydrogen (secondary N) is 1. The molecule has 2 aromatic rings. The van der Waals surface area contributed by atoms with Gasteiger partial charge in [0.2, 0.25) is 0 Å². The second kappa shape index (κ2) is 7.64. The van der Waals surface area contributed by atoms with Crippen LogP contribution in [0.4, 0.5) is 0 Å². The molecule has 0 saturated heterocycles. The molecule has 5 nitrogen and oxygen atoms in total. The topological polar surface area (TPSA) is 67.9 Å². The molecule has 0 unspecified atom stereocenters. The highest BCUT2D eigenvalue weighted by Crippen LogP contribution is 2.34. The molecule has 0 bridgehead atoms. The van der Waals surface area contributed by atoms with Crippen LogP contribution in [0.15, 0.2) is 29.2 Å². The first kappa shape index (κ1) is 16.1. The van der Waals surface area contributed by atoms with Gasteiger partial charge in [0.25, 0.3) is 0 Å². The van der Waals surface area contributed by atoms with Gasteiger partial charge < -0.3 is 4.74 Å². The number of thioether (sulfide) groups is 1. The Hall–Kier alpha value is -1.82. The molecule has 1 aromatic carbocycles. The Morgan fingerprint density at radius 3 is 2.65 bits per heavy atom. The highest BCUT2D eigenvalue weighted by molar-refractivity contribution is 8.00. The highest BCUT2D eigenvalue weighted by Gasteiger charge is 2.19. The third-order valence-electron chi connectivity index (χ3n) is 4.00. The molecule has 1 aromatic heterocycles. The molecule has 122 valence electrons. The van der Waals surface area contributed by atoms with Crippen molar-refractivity contribution in [3.63, 3.8) is 0 Å². The van der Waals surface area contributed by atoms with Gasteiger partial charge in [-0.25, -0.2) is 4.79 Å². The molecule has 1 saturated carbocycles. The van der Waals surface area contributed by atoms with Crippen molar-refractivity contribution in [2.75, 3.05) is 6.61 Å². The van der Waals surface area contributed by atoms with Crippen LogP contribution in [0.1, 0.15) is 49.5 Å². The fraction of sp³-hybridized carbons (Fsp3) is 0.471. The molecule has 23 heavy (non-hydrogen) atoms. The fourth-order valence-electron chi connectivity index (χ4n) is 2.84. The minimum atomic E-state index is -0.447. The van der Waals surface area contributed by atoms with Crippen LogP contribution >= 0.6 is 11.8 Å². The van der Waals surface area contributed by atoms with Crippen LogP contribution in [-0.2, 0) is 4.74 Å². The molecule has 0 amide bonds. The van der Waals surface area contributed by atoms with Gasteiger partial charge in [0.1, 0.15) is 5.69 Å². The number of carbonyl (C=O) groups excluding carboxylic acids is 1. The average Bonchev–Trinajstić information content (AvgIpc) is 3.06. The molecule has 1 aliphatic carbocycles. The smallest absolute Gasteiger partial charge is 0.361 e.